The molecule has 4 rings (SSSR count). The third kappa shape index (κ3) is 5.22. The van der Waals surface area contributed by atoms with Crippen molar-refractivity contribution in [2.45, 2.75) is 17.4 Å². The van der Waals surface area contributed by atoms with Crippen molar-refractivity contribution in [2.24, 2.45) is 5.73 Å². The number of hydrogen-bond donors (Lipinski definition) is 2. The van der Waals surface area contributed by atoms with Crippen LogP contribution in [0.15, 0.2) is 77.8 Å². The van der Waals surface area contributed by atoms with Gasteiger partial charge in [0.25, 0.3) is 0 Å². The van der Waals surface area contributed by atoms with E-state index in [2.05, 4.69) is 9.71 Å². The van der Waals surface area contributed by atoms with Crippen LogP contribution in [0.4, 0.5) is 13.2 Å². The summed E-state index contributed by atoms with van der Waals surface area (Å²) in [5, 5.41) is 0.928. The predicted molar refractivity (Wildman–Crippen MR) is 120 cm³/mol. The fourth-order valence-electron chi connectivity index (χ4n) is 3.47. The van der Waals surface area contributed by atoms with Gasteiger partial charge in [-0.05, 0) is 59.5 Å². The van der Waals surface area contributed by atoms with Gasteiger partial charge < -0.3 is 5.73 Å². The minimum Gasteiger partial charge on any atom is -0.326 e. The van der Waals surface area contributed by atoms with Gasteiger partial charge in [0.1, 0.15) is 5.82 Å². The van der Waals surface area contributed by atoms with Crippen molar-refractivity contribution in [1.29, 1.82) is 0 Å². The van der Waals surface area contributed by atoms with Gasteiger partial charge in [0.15, 0.2) is 11.6 Å². The maximum Gasteiger partial charge on any atom is 0.240 e. The molecule has 4 aromatic rings. The van der Waals surface area contributed by atoms with E-state index in [9.17, 15) is 21.6 Å². The van der Waals surface area contributed by atoms with Crippen LogP contribution >= 0.6 is 0 Å². The molecule has 3 N–H and O–H groups in total. The molecule has 5 nitrogen and oxygen atoms in total. The smallest absolute Gasteiger partial charge is 0.240 e. The first-order chi connectivity index (χ1) is 15.7. The molecule has 0 saturated heterocycles. The number of fused-ring (bicyclic) bond motifs is 1. The molecule has 0 unspecified atom stereocenters. The van der Waals surface area contributed by atoms with Crippen LogP contribution in [0.25, 0.3) is 22.0 Å². The normalized spacial score (nSPS) is 12.7. The molecule has 0 radical (unpaired) electrons. The van der Waals surface area contributed by atoms with E-state index in [1.54, 1.807) is 24.4 Å². The van der Waals surface area contributed by atoms with Gasteiger partial charge in [0, 0.05) is 30.2 Å². The number of rotatable bonds is 7. The average molecular weight is 472 g/mol. The van der Waals surface area contributed by atoms with Gasteiger partial charge in [-0.2, -0.15) is 0 Å². The van der Waals surface area contributed by atoms with Crippen LogP contribution in [-0.4, -0.2) is 26.0 Å². The standard InChI is InChI=1S/C24H20F3N3O2S/c25-21-13-23(27)22(26)12-18(21)10-19(28)14-30-33(31,32)20-5-1-3-15(11-20)16-6-7-24-17(9-16)4-2-8-29-24/h1-9,11-13,19,30H,10,14,28H2/t19-/m1/s1. The average Bonchev–Trinajstić information content (AvgIpc) is 2.81. The summed E-state index contributed by atoms with van der Waals surface area (Å²) in [4.78, 5) is 4.32. The molecule has 0 saturated carbocycles. The molecule has 3 aromatic carbocycles. The Morgan fingerprint density at radius 3 is 2.45 bits per heavy atom. The Morgan fingerprint density at radius 1 is 0.879 bits per heavy atom. The lowest BCUT2D eigenvalue weighted by Crippen LogP contribution is -2.38. The Bertz CT molecular complexity index is 1430. The SMILES string of the molecule is N[C@@H](CNS(=O)(=O)c1cccc(-c2ccc3ncccc3c2)c1)Cc1cc(F)c(F)cc1F. The largest absolute Gasteiger partial charge is 0.326 e. The third-order valence-electron chi connectivity index (χ3n) is 5.19. The fraction of sp³-hybridized carbons (Fsp3) is 0.125. The summed E-state index contributed by atoms with van der Waals surface area (Å²) in [5.41, 5.74) is 8.14. The van der Waals surface area contributed by atoms with Gasteiger partial charge in [0.2, 0.25) is 10.0 Å². The second kappa shape index (κ2) is 9.30. The van der Waals surface area contributed by atoms with E-state index in [0.717, 1.165) is 22.5 Å². The van der Waals surface area contributed by atoms with Gasteiger partial charge in [-0.1, -0.05) is 24.3 Å². The number of sulfonamides is 1. The number of nitrogens with zero attached hydrogens (tertiary/aromatic N) is 1. The molecule has 1 aromatic heterocycles. The van der Waals surface area contributed by atoms with Crippen LogP contribution in [0.1, 0.15) is 5.56 Å². The third-order valence-corrected chi connectivity index (χ3v) is 6.61. The highest BCUT2D eigenvalue weighted by Crippen LogP contribution is 2.25. The van der Waals surface area contributed by atoms with Crippen molar-refractivity contribution >= 4 is 20.9 Å². The lowest BCUT2D eigenvalue weighted by atomic mass is 10.0. The van der Waals surface area contributed by atoms with Crippen molar-refractivity contribution in [3.05, 3.63) is 95.9 Å². The summed E-state index contributed by atoms with van der Waals surface area (Å²) in [5.74, 6) is -3.43. The van der Waals surface area contributed by atoms with Gasteiger partial charge >= 0.3 is 0 Å². The molecule has 0 aliphatic heterocycles. The first-order valence-corrected chi connectivity index (χ1v) is 11.5. The molecule has 33 heavy (non-hydrogen) atoms. The van der Waals surface area contributed by atoms with Crippen molar-refractivity contribution in [3.8, 4) is 11.1 Å². The van der Waals surface area contributed by atoms with E-state index in [4.69, 9.17) is 5.73 Å². The van der Waals surface area contributed by atoms with Crippen molar-refractivity contribution in [1.82, 2.24) is 9.71 Å². The minimum absolute atomic E-state index is 0.0393. The van der Waals surface area contributed by atoms with Crippen LogP contribution in [-0.2, 0) is 16.4 Å². The zero-order valence-electron chi connectivity index (χ0n) is 17.3. The molecule has 9 heteroatoms. The Kier molecular flexibility index (Phi) is 6.46. The topological polar surface area (TPSA) is 85.1 Å². The number of nitrogens with two attached hydrogens (primary N) is 1. The molecule has 0 bridgehead atoms. The first-order valence-electron chi connectivity index (χ1n) is 10.1. The van der Waals surface area contributed by atoms with E-state index in [1.165, 1.54) is 6.07 Å². The summed E-state index contributed by atoms with van der Waals surface area (Å²) >= 11 is 0. The molecule has 0 aliphatic rings. The van der Waals surface area contributed by atoms with Crippen molar-refractivity contribution in [3.63, 3.8) is 0 Å². The Balaban J connectivity index is 1.49. The number of aromatic nitrogens is 1. The monoisotopic (exact) mass is 471 g/mol. The second-order valence-corrected chi connectivity index (χ2v) is 9.38. The molecule has 1 atom stereocenters. The van der Waals surface area contributed by atoms with Crippen LogP contribution in [0, 0.1) is 17.5 Å². The molecular formula is C24H20F3N3O2S. The van der Waals surface area contributed by atoms with Crippen molar-refractivity contribution in [2.75, 3.05) is 6.54 Å². The quantitative estimate of drug-likeness (QED) is 0.396. The van der Waals surface area contributed by atoms with Gasteiger partial charge in [-0.3, -0.25) is 4.98 Å². The fourth-order valence-corrected chi connectivity index (χ4v) is 4.61. The van der Waals surface area contributed by atoms with Crippen LogP contribution < -0.4 is 10.5 Å². The highest BCUT2D eigenvalue weighted by Gasteiger charge is 2.18. The Morgan fingerprint density at radius 2 is 1.64 bits per heavy atom. The molecule has 1 heterocycles. The maximum absolute atomic E-state index is 13.8. The summed E-state index contributed by atoms with van der Waals surface area (Å²) in [6, 6.07) is 16.1. The van der Waals surface area contributed by atoms with E-state index < -0.39 is 33.5 Å². The van der Waals surface area contributed by atoms with E-state index >= 15 is 0 Å². The molecule has 0 spiro atoms. The zero-order chi connectivity index (χ0) is 23.6. The highest BCUT2D eigenvalue weighted by molar-refractivity contribution is 7.89. The summed E-state index contributed by atoms with van der Waals surface area (Å²) in [6.07, 6.45) is 1.53. The van der Waals surface area contributed by atoms with Gasteiger partial charge in [-0.25, -0.2) is 26.3 Å². The molecule has 0 fully saturated rings. The van der Waals surface area contributed by atoms with Gasteiger partial charge in [-0.15, -0.1) is 0 Å². The van der Waals surface area contributed by atoms with Crippen LogP contribution in [0.3, 0.4) is 0 Å². The number of hydrogen-bond acceptors (Lipinski definition) is 4. The highest BCUT2D eigenvalue weighted by atomic mass is 32.2. The second-order valence-electron chi connectivity index (χ2n) is 7.61. The maximum atomic E-state index is 13.8. The number of halogens is 3. The molecular weight excluding hydrogens is 451 g/mol. The van der Waals surface area contributed by atoms with E-state index in [-0.39, 0.29) is 23.4 Å². The predicted octanol–water partition coefficient (Wildman–Crippen LogP) is 4.17. The molecule has 0 amide bonds. The summed E-state index contributed by atoms with van der Waals surface area (Å²) < 4.78 is 68.3. The Hall–Kier alpha value is -3.27. The summed E-state index contributed by atoms with van der Waals surface area (Å²) in [6.45, 7) is -0.216. The lowest BCUT2D eigenvalue weighted by Gasteiger charge is -2.14. The Labute approximate surface area is 189 Å². The van der Waals surface area contributed by atoms with Crippen LogP contribution in [0.2, 0.25) is 0 Å². The van der Waals surface area contributed by atoms with Crippen molar-refractivity contribution < 1.29 is 21.6 Å². The number of nitrogens with one attached hydrogen (secondary N) is 1. The number of benzene rings is 3. The molecule has 170 valence electrons. The van der Waals surface area contributed by atoms with Crippen LogP contribution in [0.5, 0.6) is 0 Å². The van der Waals surface area contributed by atoms with E-state index in [0.29, 0.717) is 11.6 Å². The molecule has 0 aliphatic carbocycles. The summed E-state index contributed by atoms with van der Waals surface area (Å²) in [7, 11) is -3.92. The zero-order valence-corrected chi connectivity index (χ0v) is 18.1. The van der Waals surface area contributed by atoms with E-state index in [1.807, 2.05) is 30.3 Å². The number of pyridine rings is 1. The van der Waals surface area contributed by atoms with Gasteiger partial charge in [0.05, 0.1) is 10.4 Å². The first kappa shape index (κ1) is 22.9. The lowest BCUT2D eigenvalue weighted by molar-refractivity contribution is 0.486. The minimum atomic E-state index is -3.92.